The fraction of sp³-hybridized carbons (Fsp3) is 0.600. The number of nitrogens with zero attached hydrogens (tertiary/aromatic N) is 1. The summed E-state index contributed by atoms with van der Waals surface area (Å²) in [6.45, 7) is 10.1. The summed E-state index contributed by atoms with van der Waals surface area (Å²) in [4.78, 5) is 2.33. The minimum Gasteiger partial charge on any atom is -0.508 e. The highest BCUT2D eigenvalue weighted by Gasteiger charge is 2.22. The van der Waals surface area contributed by atoms with Crippen molar-refractivity contribution < 1.29 is 9.84 Å². The number of hydrogen-bond acceptors (Lipinski definition) is 3. The fourth-order valence-electron chi connectivity index (χ4n) is 2.49. The molecule has 0 aliphatic carbocycles. The number of likely N-dealkylation sites (N-methyl/N-ethyl adjacent to an activating group) is 1. The summed E-state index contributed by atoms with van der Waals surface area (Å²) in [6, 6.07) is 6.27. The zero-order valence-corrected chi connectivity index (χ0v) is 12.1. The Balaban J connectivity index is 2.95. The molecule has 0 amide bonds. The molecular formula is C15H25NO2. The molecule has 2 unspecified atom stereocenters. The number of aromatic hydroxyl groups is 1. The minimum absolute atomic E-state index is 0.181. The summed E-state index contributed by atoms with van der Waals surface area (Å²) in [6.07, 6.45) is 0. The molecule has 0 aliphatic rings. The van der Waals surface area contributed by atoms with E-state index in [1.165, 1.54) is 5.56 Å². The molecule has 0 bridgehead atoms. The number of methoxy groups -OCH3 is 1. The minimum atomic E-state index is 0.181. The number of rotatable bonds is 6. The molecule has 18 heavy (non-hydrogen) atoms. The molecule has 0 fully saturated rings. The maximum Gasteiger partial charge on any atom is 0.120 e. The Labute approximate surface area is 110 Å². The average Bonchev–Trinajstić information content (AvgIpc) is 2.33. The lowest BCUT2D eigenvalue weighted by atomic mass is 10.0. The van der Waals surface area contributed by atoms with E-state index in [9.17, 15) is 5.11 Å². The lowest BCUT2D eigenvalue weighted by Gasteiger charge is -2.33. The van der Waals surface area contributed by atoms with Crippen LogP contribution in [-0.2, 0) is 4.74 Å². The fourth-order valence-corrected chi connectivity index (χ4v) is 2.49. The van der Waals surface area contributed by atoms with E-state index in [4.69, 9.17) is 4.74 Å². The molecule has 0 spiro atoms. The molecule has 0 saturated carbocycles. The van der Waals surface area contributed by atoms with Gasteiger partial charge in [0.25, 0.3) is 0 Å². The molecule has 0 radical (unpaired) electrons. The summed E-state index contributed by atoms with van der Waals surface area (Å²) in [5.74, 6) is 0.371. The molecule has 2 atom stereocenters. The molecule has 0 aliphatic heterocycles. The largest absolute Gasteiger partial charge is 0.508 e. The highest BCUT2D eigenvalue weighted by molar-refractivity contribution is 5.37. The van der Waals surface area contributed by atoms with Crippen LogP contribution in [0.2, 0.25) is 0 Å². The van der Waals surface area contributed by atoms with E-state index in [0.717, 1.165) is 12.1 Å². The monoisotopic (exact) mass is 251 g/mol. The van der Waals surface area contributed by atoms with Gasteiger partial charge in [0.05, 0.1) is 6.61 Å². The van der Waals surface area contributed by atoms with E-state index in [1.807, 2.05) is 13.0 Å². The maximum atomic E-state index is 10.0. The van der Waals surface area contributed by atoms with Crippen molar-refractivity contribution in [3.8, 4) is 5.75 Å². The van der Waals surface area contributed by atoms with Gasteiger partial charge in [-0.3, -0.25) is 4.90 Å². The molecule has 0 saturated heterocycles. The Bertz CT molecular complexity index is 379. The van der Waals surface area contributed by atoms with Gasteiger partial charge in [0.2, 0.25) is 0 Å². The molecule has 0 heterocycles. The van der Waals surface area contributed by atoms with Crippen molar-refractivity contribution in [1.29, 1.82) is 0 Å². The number of phenolic OH excluding ortho intramolecular Hbond substituents is 1. The quantitative estimate of drug-likeness (QED) is 0.843. The van der Waals surface area contributed by atoms with Crippen LogP contribution >= 0.6 is 0 Å². The zero-order chi connectivity index (χ0) is 13.7. The maximum absolute atomic E-state index is 10.0. The smallest absolute Gasteiger partial charge is 0.120 e. The van der Waals surface area contributed by atoms with Gasteiger partial charge < -0.3 is 9.84 Å². The van der Waals surface area contributed by atoms with Gasteiger partial charge in [-0.05, 0) is 33.4 Å². The first-order chi connectivity index (χ1) is 8.51. The summed E-state index contributed by atoms with van der Waals surface area (Å²) in [5.41, 5.74) is 2.16. The van der Waals surface area contributed by atoms with Gasteiger partial charge in [0.15, 0.2) is 0 Å². The number of benzene rings is 1. The molecule has 1 N–H and O–H groups in total. The second kappa shape index (κ2) is 6.76. The van der Waals surface area contributed by atoms with Crippen molar-refractivity contribution in [3.63, 3.8) is 0 Å². The summed E-state index contributed by atoms with van der Waals surface area (Å²) < 4.78 is 5.22. The number of aryl methyl sites for hydroxylation is 1. The van der Waals surface area contributed by atoms with E-state index >= 15 is 0 Å². The summed E-state index contributed by atoms with van der Waals surface area (Å²) in [5, 5.41) is 10.0. The van der Waals surface area contributed by atoms with Crippen LogP contribution in [0.15, 0.2) is 18.2 Å². The third kappa shape index (κ3) is 3.47. The Morgan fingerprint density at radius 2 is 2.00 bits per heavy atom. The van der Waals surface area contributed by atoms with Crippen LogP contribution in [0.3, 0.4) is 0 Å². The van der Waals surface area contributed by atoms with Crippen LogP contribution in [0.4, 0.5) is 0 Å². The second-order valence-corrected chi connectivity index (χ2v) is 4.87. The van der Waals surface area contributed by atoms with Crippen LogP contribution < -0.4 is 0 Å². The molecule has 3 heteroatoms. The third-order valence-electron chi connectivity index (χ3n) is 3.47. The average molecular weight is 251 g/mol. The highest BCUT2D eigenvalue weighted by atomic mass is 16.5. The standard InChI is InChI=1S/C15H25NO2/c1-6-16(12(3)10-18-5)13(4)14-9-11(2)7-8-15(14)17/h7-9,12-13,17H,6,10H2,1-5H3. The van der Waals surface area contributed by atoms with Gasteiger partial charge >= 0.3 is 0 Å². The molecule has 102 valence electrons. The van der Waals surface area contributed by atoms with Crippen molar-refractivity contribution in [3.05, 3.63) is 29.3 Å². The van der Waals surface area contributed by atoms with Crippen molar-refractivity contribution in [1.82, 2.24) is 4.90 Å². The molecule has 0 aromatic heterocycles. The van der Waals surface area contributed by atoms with Crippen molar-refractivity contribution >= 4 is 0 Å². The van der Waals surface area contributed by atoms with Gasteiger partial charge in [-0.1, -0.05) is 24.6 Å². The van der Waals surface area contributed by atoms with Crippen LogP contribution in [0, 0.1) is 6.92 Å². The third-order valence-corrected chi connectivity index (χ3v) is 3.47. The Morgan fingerprint density at radius 1 is 1.33 bits per heavy atom. The number of ether oxygens (including phenoxy) is 1. The van der Waals surface area contributed by atoms with Crippen LogP contribution in [0.5, 0.6) is 5.75 Å². The molecule has 1 aromatic carbocycles. The summed E-state index contributed by atoms with van der Waals surface area (Å²) in [7, 11) is 1.72. The first kappa shape index (κ1) is 15.0. The van der Waals surface area contributed by atoms with Gasteiger partial charge in [-0.25, -0.2) is 0 Å². The van der Waals surface area contributed by atoms with Gasteiger partial charge in [-0.2, -0.15) is 0 Å². The lowest BCUT2D eigenvalue weighted by Crippen LogP contribution is -2.38. The van der Waals surface area contributed by atoms with Gasteiger partial charge in [-0.15, -0.1) is 0 Å². The highest BCUT2D eigenvalue weighted by Crippen LogP contribution is 2.30. The van der Waals surface area contributed by atoms with E-state index in [0.29, 0.717) is 18.4 Å². The van der Waals surface area contributed by atoms with Crippen LogP contribution in [0.25, 0.3) is 0 Å². The van der Waals surface area contributed by atoms with E-state index in [2.05, 4.69) is 31.7 Å². The van der Waals surface area contributed by atoms with E-state index < -0.39 is 0 Å². The van der Waals surface area contributed by atoms with Gasteiger partial charge in [0.1, 0.15) is 5.75 Å². The first-order valence-electron chi connectivity index (χ1n) is 6.55. The van der Waals surface area contributed by atoms with Crippen molar-refractivity contribution in [2.75, 3.05) is 20.3 Å². The Morgan fingerprint density at radius 3 is 2.56 bits per heavy atom. The predicted octanol–water partition coefficient (Wildman–Crippen LogP) is 3.12. The lowest BCUT2D eigenvalue weighted by molar-refractivity contribution is 0.0775. The number of phenols is 1. The van der Waals surface area contributed by atoms with Gasteiger partial charge in [0, 0.05) is 24.8 Å². The summed E-state index contributed by atoms with van der Waals surface area (Å²) >= 11 is 0. The predicted molar refractivity (Wildman–Crippen MR) is 75.0 cm³/mol. The zero-order valence-electron chi connectivity index (χ0n) is 12.1. The van der Waals surface area contributed by atoms with Crippen molar-refractivity contribution in [2.24, 2.45) is 0 Å². The van der Waals surface area contributed by atoms with E-state index in [1.54, 1.807) is 13.2 Å². The van der Waals surface area contributed by atoms with Crippen LogP contribution in [0.1, 0.15) is 37.9 Å². The normalized spacial score (nSPS) is 14.8. The van der Waals surface area contributed by atoms with E-state index in [-0.39, 0.29) is 6.04 Å². The molecule has 3 nitrogen and oxygen atoms in total. The molecule has 1 rings (SSSR count). The first-order valence-corrected chi connectivity index (χ1v) is 6.55. The number of hydrogen-bond donors (Lipinski definition) is 1. The van der Waals surface area contributed by atoms with Crippen LogP contribution in [-0.4, -0.2) is 36.3 Å². The molecular weight excluding hydrogens is 226 g/mol. The molecule has 1 aromatic rings. The van der Waals surface area contributed by atoms with Crippen molar-refractivity contribution in [2.45, 2.75) is 39.8 Å². The SMILES string of the molecule is CCN(C(C)COC)C(C)c1cc(C)ccc1O. The second-order valence-electron chi connectivity index (χ2n) is 4.87. The Kier molecular flexibility index (Phi) is 5.63. The Hall–Kier alpha value is -1.06. The topological polar surface area (TPSA) is 32.7 Å².